The molecule has 1 heterocycles. The number of carbonyl (C=O) groups is 1. The molecule has 0 saturated heterocycles. The van der Waals surface area contributed by atoms with Gasteiger partial charge in [0.05, 0.1) is 25.5 Å². The van der Waals surface area contributed by atoms with Gasteiger partial charge < -0.3 is 14.8 Å². The van der Waals surface area contributed by atoms with Gasteiger partial charge in [0.2, 0.25) is 5.91 Å². The molecule has 0 aliphatic heterocycles. The van der Waals surface area contributed by atoms with E-state index in [4.69, 9.17) is 9.47 Å². The highest BCUT2D eigenvalue weighted by atomic mass is 32.2. The molecule has 3 rings (SSSR count). The monoisotopic (exact) mass is 440 g/mol. The van der Waals surface area contributed by atoms with Gasteiger partial charge in [-0.25, -0.2) is 8.42 Å². The molecule has 3 aromatic rings. The van der Waals surface area contributed by atoms with E-state index in [9.17, 15) is 13.2 Å². The smallest absolute Gasteiger partial charge is 0.224 e. The molecule has 0 fully saturated rings. The zero-order chi connectivity index (χ0) is 22.3. The maximum atomic E-state index is 13.3. The van der Waals surface area contributed by atoms with Crippen LogP contribution in [0.3, 0.4) is 0 Å². The first-order valence-electron chi connectivity index (χ1n) is 9.61. The lowest BCUT2D eigenvalue weighted by atomic mass is 10.1. The lowest BCUT2D eigenvalue weighted by Crippen LogP contribution is -2.33. The number of amides is 1. The third kappa shape index (κ3) is 5.61. The second kappa shape index (κ2) is 10.1. The fourth-order valence-electron chi connectivity index (χ4n) is 3.10. The van der Waals surface area contributed by atoms with Crippen LogP contribution in [0.5, 0.6) is 11.5 Å². The van der Waals surface area contributed by atoms with Gasteiger partial charge in [0.25, 0.3) is 0 Å². The number of sulfone groups is 1. The van der Waals surface area contributed by atoms with Crippen LogP contribution in [-0.4, -0.2) is 40.1 Å². The molecule has 0 bridgehead atoms. The van der Waals surface area contributed by atoms with E-state index in [0.717, 1.165) is 5.56 Å². The fraction of sp³-hybridized carbons (Fsp3) is 0.217. The average Bonchev–Trinajstić information content (AvgIpc) is 2.80. The minimum atomic E-state index is -3.78. The molecular formula is C23H24N2O5S. The van der Waals surface area contributed by atoms with Crippen LogP contribution in [0.4, 0.5) is 0 Å². The van der Waals surface area contributed by atoms with Crippen molar-refractivity contribution >= 4 is 15.7 Å². The maximum absolute atomic E-state index is 13.3. The molecule has 1 atom stereocenters. The van der Waals surface area contributed by atoms with Gasteiger partial charge in [0, 0.05) is 18.9 Å². The number of benzene rings is 2. The summed E-state index contributed by atoms with van der Waals surface area (Å²) in [5.74, 6) is 0.986. The SMILES string of the molecule is COc1ccc(CC(=O)NCC(c2cccnc2)S(=O)(=O)c2ccc(OC)cc2)cc1. The number of aromatic nitrogens is 1. The highest BCUT2D eigenvalue weighted by molar-refractivity contribution is 7.91. The second-order valence-electron chi connectivity index (χ2n) is 6.82. The molecular weight excluding hydrogens is 416 g/mol. The molecule has 1 unspecified atom stereocenters. The topological polar surface area (TPSA) is 94.6 Å². The van der Waals surface area contributed by atoms with Crippen LogP contribution in [0, 0.1) is 0 Å². The van der Waals surface area contributed by atoms with Crippen LogP contribution in [0.25, 0.3) is 0 Å². The van der Waals surface area contributed by atoms with Gasteiger partial charge >= 0.3 is 0 Å². The summed E-state index contributed by atoms with van der Waals surface area (Å²) in [6.45, 7) is -0.0744. The Hall–Kier alpha value is -3.39. The van der Waals surface area contributed by atoms with E-state index in [1.165, 1.54) is 25.4 Å². The summed E-state index contributed by atoms with van der Waals surface area (Å²) in [7, 11) is -0.696. The molecule has 7 nitrogen and oxygen atoms in total. The fourth-order valence-corrected chi connectivity index (χ4v) is 4.75. The largest absolute Gasteiger partial charge is 0.497 e. The molecule has 0 aliphatic carbocycles. The lowest BCUT2D eigenvalue weighted by Gasteiger charge is -2.19. The van der Waals surface area contributed by atoms with Gasteiger partial charge in [0.15, 0.2) is 9.84 Å². The second-order valence-corrected chi connectivity index (χ2v) is 8.95. The number of rotatable bonds is 9. The van der Waals surface area contributed by atoms with Crippen molar-refractivity contribution in [1.82, 2.24) is 10.3 Å². The normalized spacial score (nSPS) is 12.1. The predicted molar refractivity (Wildman–Crippen MR) is 117 cm³/mol. The Balaban J connectivity index is 1.78. The van der Waals surface area contributed by atoms with Crippen LogP contribution in [0.15, 0.2) is 78.0 Å². The maximum Gasteiger partial charge on any atom is 0.224 e. The van der Waals surface area contributed by atoms with Crippen LogP contribution in [-0.2, 0) is 21.1 Å². The first-order valence-corrected chi connectivity index (χ1v) is 11.2. The van der Waals surface area contributed by atoms with E-state index in [0.29, 0.717) is 17.1 Å². The van der Waals surface area contributed by atoms with Crippen molar-refractivity contribution in [2.75, 3.05) is 20.8 Å². The molecule has 0 radical (unpaired) electrons. The molecule has 1 aromatic heterocycles. The molecule has 162 valence electrons. The standard InChI is InChI=1S/C23H24N2O5S/c1-29-19-7-5-17(6-8-19)14-23(26)25-16-22(18-4-3-13-24-15-18)31(27,28)21-11-9-20(30-2)10-12-21/h3-13,15,22H,14,16H2,1-2H3,(H,25,26). The lowest BCUT2D eigenvalue weighted by molar-refractivity contribution is -0.120. The van der Waals surface area contributed by atoms with Gasteiger partial charge in [0.1, 0.15) is 16.7 Å². The number of hydrogen-bond donors (Lipinski definition) is 1. The summed E-state index contributed by atoms with van der Waals surface area (Å²) < 4.78 is 36.9. The van der Waals surface area contributed by atoms with Crippen LogP contribution in [0.1, 0.15) is 16.4 Å². The number of carbonyl (C=O) groups excluding carboxylic acids is 1. The zero-order valence-electron chi connectivity index (χ0n) is 17.3. The summed E-state index contributed by atoms with van der Waals surface area (Å²) in [5, 5.41) is 1.78. The summed E-state index contributed by atoms with van der Waals surface area (Å²) in [6.07, 6.45) is 3.20. The third-order valence-corrected chi connectivity index (χ3v) is 6.94. The number of pyridine rings is 1. The summed E-state index contributed by atoms with van der Waals surface area (Å²) in [6, 6.07) is 16.7. The van der Waals surface area contributed by atoms with E-state index < -0.39 is 15.1 Å². The van der Waals surface area contributed by atoms with Gasteiger partial charge in [-0.05, 0) is 53.6 Å². The van der Waals surface area contributed by atoms with Gasteiger partial charge in [-0.1, -0.05) is 18.2 Å². The Morgan fingerprint density at radius 1 is 0.968 bits per heavy atom. The molecule has 8 heteroatoms. The molecule has 1 amide bonds. The summed E-state index contributed by atoms with van der Waals surface area (Å²) in [5.41, 5.74) is 1.30. The van der Waals surface area contributed by atoms with E-state index in [2.05, 4.69) is 10.3 Å². The number of methoxy groups -OCH3 is 2. The quantitative estimate of drug-likeness (QED) is 0.550. The first-order chi connectivity index (χ1) is 14.9. The summed E-state index contributed by atoms with van der Waals surface area (Å²) in [4.78, 5) is 16.7. The van der Waals surface area contributed by atoms with Crippen LogP contribution in [0.2, 0.25) is 0 Å². The van der Waals surface area contributed by atoms with Gasteiger partial charge in [-0.15, -0.1) is 0 Å². The van der Waals surface area contributed by atoms with Crippen molar-refractivity contribution < 1.29 is 22.7 Å². The van der Waals surface area contributed by atoms with Crippen LogP contribution < -0.4 is 14.8 Å². The molecule has 2 aromatic carbocycles. The number of hydrogen-bond acceptors (Lipinski definition) is 6. The van der Waals surface area contributed by atoms with Crippen molar-refractivity contribution in [3.63, 3.8) is 0 Å². The predicted octanol–water partition coefficient (Wildman–Crippen LogP) is 2.97. The molecule has 0 saturated carbocycles. The van der Waals surface area contributed by atoms with Gasteiger partial charge in [-0.3, -0.25) is 9.78 Å². The van der Waals surface area contributed by atoms with E-state index >= 15 is 0 Å². The van der Waals surface area contributed by atoms with E-state index in [-0.39, 0.29) is 23.8 Å². The van der Waals surface area contributed by atoms with Crippen molar-refractivity contribution in [3.05, 3.63) is 84.2 Å². The zero-order valence-corrected chi connectivity index (χ0v) is 18.1. The average molecular weight is 441 g/mol. The highest BCUT2D eigenvalue weighted by Crippen LogP contribution is 2.29. The Labute approximate surface area is 182 Å². The number of ether oxygens (including phenoxy) is 2. The first kappa shape index (κ1) is 22.3. The summed E-state index contributed by atoms with van der Waals surface area (Å²) >= 11 is 0. The third-order valence-electron chi connectivity index (χ3n) is 4.83. The molecule has 0 aliphatic rings. The van der Waals surface area contributed by atoms with Crippen molar-refractivity contribution in [2.24, 2.45) is 0 Å². The minimum Gasteiger partial charge on any atom is -0.497 e. The van der Waals surface area contributed by atoms with Crippen LogP contribution >= 0.6 is 0 Å². The Bertz CT molecular complexity index is 1100. The minimum absolute atomic E-state index is 0.0744. The molecule has 1 N–H and O–H groups in total. The Kier molecular flexibility index (Phi) is 7.25. The van der Waals surface area contributed by atoms with Gasteiger partial charge in [-0.2, -0.15) is 0 Å². The van der Waals surface area contributed by atoms with E-state index in [1.807, 2.05) is 0 Å². The Morgan fingerprint density at radius 3 is 2.13 bits per heavy atom. The highest BCUT2D eigenvalue weighted by Gasteiger charge is 2.30. The van der Waals surface area contributed by atoms with Crippen molar-refractivity contribution in [2.45, 2.75) is 16.6 Å². The van der Waals surface area contributed by atoms with Crippen molar-refractivity contribution in [3.8, 4) is 11.5 Å². The number of nitrogens with zero attached hydrogens (tertiary/aromatic N) is 1. The molecule has 0 spiro atoms. The number of nitrogens with one attached hydrogen (secondary N) is 1. The van der Waals surface area contributed by atoms with Crippen molar-refractivity contribution in [1.29, 1.82) is 0 Å². The molecule has 31 heavy (non-hydrogen) atoms. The van der Waals surface area contributed by atoms with E-state index in [1.54, 1.807) is 61.8 Å². The Morgan fingerprint density at radius 2 is 1.58 bits per heavy atom.